The predicted octanol–water partition coefficient (Wildman–Crippen LogP) is 2.76. The Balaban J connectivity index is 2.18. The second kappa shape index (κ2) is 6.70. The van der Waals surface area contributed by atoms with E-state index in [9.17, 15) is 9.59 Å². The van der Waals surface area contributed by atoms with Crippen molar-refractivity contribution >= 4 is 22.6 Å². The van der Waals surface area contributed by atoms with Gasteiger partial charge in [-0.05, 0) is 38.0 Å². The van der Waals surface area contributed by atoms with Crippen molar-refractivity contribution in [3.05, 3.63) is 46.0 Å². The van der Waals surface area contributed by atoms with Gasteiger partial charge in [-0.1, -0.05) is 19.4 Å². The Morgan fingerprint density at radius 2 is 2.04 bits per heavy atom. The molecule has 3 aromatic rings. The molecule has 3 heterocycles. The fraction of sp³-hybridized carbons (Fsp3) is 0.421. The highest BCUT2D eigenvalue weighted by molar-refractivity contribution is 5.98. The highest BCUT2D eigenvalue weighted by Crippen LogP contribution is 2.18. The first-order valence-corrected chi connectivity index (χ1v) is 8.76. The third kappa shape index (κ3) is 2.81. The number of aromatic nitrogens is 3. The average Bonchev–Trinajstić information content (AvgIpc) is 2.94. The predicted molar refractivity (Wildman–Crippen MR) is 99.2 cm³/mol. The molecule has 0 saturated heterocycles. The molecule has 0 atom stereocenters. The van der Waals surface area contributed by atoms with Gasteiger partial charge in [0.05, 0.1) is 5.39 Å². The lowest BCUT2D eigenvalue weighted by Gasteiger charge is -2.20. The molecule has 3 rings (SSSR count). The maximum absolute atomic E-state index is 12.9. The molecule has 0 saturated carbocycles. The SMILES string of the molecule is CCCCN(CC)C(=O)c1cc2c(=O)n3cccc(C)c3nc2n1C. The molecule has 6 nitrogen and oxygen atoms in total. The Labute approximate surface area is 146 Å². The van der Waals surface area contributed by atoms with Crippen LogP contribution in [0.3, 0.4) is 0 Å². The van der Waals surface area contributed by atoms with Crippen molar-refractivity contribution in [3.8, 4) is 0 Å². The first-order valence-electron chi connectivity index (χ1n) is 8.76. The molecular weight excluding hydrogens is 316 g/mol. The van der Waals surface area contributed by atoms with Crippen molar-refractivity contribution in [3.63, 3.8) is 0 Å². The number of fused-ring (bicyclic) bond motifs is 2. The van der Waals surface area contributed by atoms with Crippen molar-refractivity contribution in [2.45, 2.75) is 33.6 Å². The van der Waals surface area contributed by atoms with E-state index in [4.69, 9.17) is 0 Å². The molecule has 25 heavy (non-hydrogen) atoms. The highest BCUT2D eigenvalue weighted by atomic mass is 16.2. The van der Waals surface area contributed by atoms with Crippen molar-refractivity contribution < 1.29 is 4.79 Å². The van der Waals surface area contributed by atoms with E-state index in [1.54, 1.807) is 28.3 Å². The van der Waals surface area contributed by atoms with Gasteiger partial charge in [0.25, 0.3) is 11.5 Å². The zero-order valence-electron chi connectivity index (χ0n) is 15.2. The number of pyridine rings is 1. The maximum atomic E-state index is 12.9. The lowest BCUT2D eigenvalue weighted by Crippen LogP contribution is -2.32. The first kappa shape index (κ1) is 17.2. The van der Waals surface area contributed by atoms with E-state index in [1.165, 1.54) is 0 Å². The number of amides is 1. The third-order valence-electron chi connectivity index (χ3n) is 4.69. The number of hydrogen-bond donors (Lipinski definition) is 0. The fourth-order valence-electron chi connectivity index (χ4n) is 3.15. The summed E-state index contributed by atoms with van der Waals surface area (Å²) in [6.45, 7) is 7.37. The number of carbonyl (C=O) groups is 1. The maximum Gasteiger partial charge on any atom is 0.270 e. The Morgan fingerprint density at radius 1 is 1.28 bits per heavy atom. The van der Waals surface area contributed by atoms with Crippen LogP contribution >= 0.6 is 0 Å². The number of unbranched alkanes of at least 4 members (excludes halogenated alkanes) is 1. The summed E-state index contributed by atoms with van der Waals surface area (Å²) in [6, 6.07) is 5.43. The zero-order valence-corrected chi connectivity index (χ0v) is 15.2. The summed E-state index contributed by atoms with van der Waals surface area (Å²) in [4.78, 5) is 32.2. The molecule has 0 bridgehead atoms. The van der Waals surface area contributed by atoms with Crippen molar-refractivity contribution in [2.75, 3.05) is 13.1 Å². The molecule has 0 aromatic carbocycles. The van der Waals surface area contributed by atoms with Gasteiger partial charge in [-0.25, -0.2) is 4.98 Å². The van der Waals surface area contributed by atoms with Gasteiger partial charge in [-0.3, -0.25) is 14.0 Å². The van der Waals surface area contributed by atoms with Gasteiger partial charge in [0, 0.05) is 26.3 Å². The van der Waals surface area contributed by atoms with E-state index in [0.717, 1.165) is 24.9 Å². The van der Waals surface area contributed by atoms with Gasteiger partial charge in [-0.15, -0.1) is 0 Å². The van der Waals surface area contributed by atoms with E-state index >= 15 is 0 Å². The summed E-state index contributed by atoms with van der Waals surface area (Å²) in [5, 5.41) is 0.473. The van der Waals surface area contributed by atoms with Crippen LogP contribution in [0.4, 0.5) is 0 Å². The molecule has 0 fully saturated rings. The van der Waals surface area contributed by atoms with Crippen LogP contribution in [0, 0.1) is 6.92 Å². The van der Waals surface area contributed by atoms with Crippen LogP contribution in [-0.2, 0) is 7.05 Å². The number of hydrogen-bond acceptors (Lipinski definition) is 3. The third-order valence-corrected chi connectivity index (χ3v) is 4.69. The largest absolute Gasteiger partial charge is 0.338 e. The number of aryl methyl sites for hydroxylation is 2. The fourth-order valence-corrected chi connectivity index (χ4v) is 3.15. The van der Waals surface area contributed by atoms with Crippen LogP contribution in [0.25, 0.3) is 16.7 Å². The molecule has 0 aliphatic rings. The van der Waals surface area contributed by atoms with Gasteiger partial charge >= 0.3 is 0 Å². The monoisotopic (exact) mass is 340 g/mol. The van der Waals surface area contributed by atoms with Crippen LogP contribution in [0.1, 0.15) is 42.7 Å². The van der Waals surface area contributed by atoms with E-state index in [2.05, 4.69) is 11.9 Å². The van der Waals surface area contributed by atoms with Crippen LogP contribution in [0.15, 0.2) is 29.2 Å². The Kier molecular flexibility index (Phi) is 4.61. The zero-order chi connectivity index (χ0) is 18.1. The molecule has 0 aliphatic heterocycles. The number of carbonyl (C=O) groups excluding carboxylic acids is 1. The lowest BCUT2D eigenvalue weighted by molar-refractivity contribution is 0.0753. The van der Waals surface area contributed by atoms with Gasteiger partial charge in [-0.2, -0.15) is 0 Å². The summed E-state index contributed by atoms with van der Waals surface area (Å²) in [7, 11) is 1.80. The summed E-state index contributed by atoms with van der Waals surface area (Å²) in [5.41, 5.74) is 2.46. The molecule has 3 aromatic heterocycles. The lowest BCUT2D eigenvalue weighted by atomic mass is 10.2. The standard InChI is InChI=1S/C19H24N4O2/c1-5-7-10-22(6-2)19(25)15-12-14-17(21(15)4)20-16-13(3)9-8-11-23(16)18(14)24/h8-9,11-12H,5-7,10H2,1-4H3. The van der Waals surface area contributed by atoms with Crippen molar-refractivity contribution in [1.29, 1.82) is 0 Å². The van der Waals surface area contributed by atoms with Crippen LogP contribution in [0.2, 0.25) is 0 Å². The summed E-state index contributed by atoms with van der Waals surface area (Å²) in [6.07, 6.45) is 3.71. The molecular formula is C19H24N4O2. The number of rotatable bonds is 5. The summed E-state index contributed by atoms with van der Waals surface area (Å²) < 4.78 is 3.28. The van der Waals surface area contributed by atoms with Gasteiger partial charge in [0.1, 0.15) is 17.0 Å². The van der Waals surface area contributed by atoms with Gasteiger partial charge in [0.2, 0.25) is 0 Å². The Morgan fingerprint density at radius 3 is 2.72 bits per heavy atom. The van der Waals surface area contributed by atoms with Crippen molar-refractivity contribution in [1.82, 2.24) is 18.9 Å². The van der Waals surface area contributed by atoms with Gasteiger partial charge < -0.3 is 9.47 Å². The molecule has 1 amide bonds. The Bertz CT molecular complexity index is 1000. The van der Waals surface area contributed by atoms with Crippen LogP contribution in [-0.4, -0.2) is 37.8 Å². The molecule has 0 unspecified atom stereocenters. The number of nitrogens with zero attached hydrogens (tertiary/aromatic N) is 4. The molecule has 0 N–H and O–H groups in total. The van der Waals surface area contributed by atoms with E-state index < -0.39 is 0 Å². The molecule has 0 aliphatic carbocycles. The Hall–Kier alpha value is -2.63. The molecule has 0 radical (unpaired) electrons. The smallest absolute Gasteiger partial charge is 0.270 e. The van der Waals surface area contributed by atoms with Gasteiger partial charge in [0.15, 0.2) is 0 Å². The first-order chi connectivity index (χ1) is 12.0. The second-order valence-electron chi connectivity index (χ2n) is 6.37. The minimum Gasteiger partial charge on any atom is -0.338 e. The van der Waals surface area contributed by atoms with E-state index in [-0.39, 0.29) is 11.5 Å². The average molecular weight is 340 g/mol. The second-order valence-corrected chi connectivity index (χ2v) is 6.37. The highest BCUT2D eigenvalue weighted by Gasteiger charge is 2.21. The van der Waals surface area contributed by atoms with E-state index in [1.807, 2.05) is 30.9 Å². The van der Waals surface area contributed by atoms with Crippen LogP contribution < -0.4 is 5.56 Å². The minimum absolute atomic E-state index is 0.0540. The summed E-state index contributed by atoms with van der Waals surface area (Å²) >= 11 is 0. The minimum atomic E-state index is -0.144. The quantitative estimate of drug-likeness (QED) is 0.717. The van der Waals surface area contributed by atoms with E-state index in [0.29, 0.717) is 28.9 Å². The molecule has 132 valence electrons. The summed E-state index contributed by atoms with van der Waals surface area (Å²) in [5.74, 6) is -0.0540. The normalized spacial score (nSPS) is 11.4. The van der Waals surface area contributed by atoms with Crippen LogP contribution in [0.5, 0.6) is 0 Å². The topological polar surface area (TPSA) is 59.6 Å². The molecule has 6 heteroatoms. The van der Waals surface area contributed by atoms with Crippen molar-refractivity contribution in [2.24, 2.45) is 7.05 Å². The molecule has 0 spiro atoms.